The second-order valence-corrected chi connectivity index (χ2v) is 4.90. The molecule has 1 aliphatic heterocycles. The minimum absolute atomic E-state index is 0.197. The zero-order chi connectivity index (χ0) is 13.9. The molecule has 0 spiro atoms. The van der Waals surface area contributed by atoms with E-state index >= 15 is 0 Å². The Labute approximate surface area is 121 Å². The third kappa shape index (κ3) is 2.53. The van der Waals surface area contributed by atoms with Crippen LogP contribution in [0, 0.1) is 0 Å². The van der Waals surface area contributed by atoms with Crippen LogP contribution in [-0.4, -0.2) is 11.9 Å². The van der Waals surface area contributed by atoms with Crippen molar-refractivity contribution in [1.29, 1.82) is 0 Å². The minimum atomic E-state index is 0.197. The average molecular weight is 292 g/mol. The van der Waals surface area contributed by atoms with Crippen LogP contribution in [0.25, 0.3) is 0 Å². The number of hydrogen-bond acceptors (Lipinski definition) is 4. The van der Waals surface area contributed by atoms with Gasteiger partial charge in [0.25, 0.3) is 0 Å². The van der Waals surface area contributed by atoms with Crippen LogP contribution in [0.2, 0.25) is 5.02 Å². The number of hydrogen-bond donors (Lipinski definition) is 2. The van der Waals surface area contributed by atoms with E-state index in [1.54, 1.807) is 18.2 Å². The van der Waals surface area contributed by atoms with E-state index in [0.717, 1.165) is 17.1 Å². The van der Waals surface area contributed by atoms with Crippen LogP contribution in [0.3, 0.4) is 0 Å². The van der Waals surface area contributed by atoms with Crippen LogP contribution < -0.4 is 14.8 Å². The van der Waals surface area contributed by atoms with Crippen molar-refractivity contribution in [3.05, 3.63) is 52.5 Å². The van der Waals surface area contributed by atoms with E-state index in [1.807, 2.05) is 18.2 Å². The van der Waals surface area contributed by atoms with E-state index in [1.165, 1.54) is 0 Å². The summed E-state index contributed by atoms with van der Waals surface area (Å²) in [6.07, 6.45) is 0. The number of ether oxygens (including phenoxy) is 2. The molecule has 2 N–H and O–H groups in total. The highest BCUT2D eigenvalue weighted by Crippen LogP contribution is 2.35. The topological polar surface area (TPSA) is 50.7 Å². The third-order valence-electron chi connectivity index (χ3n) is 3.19. The Hall–Kier alpha value is -1.91. The maximum atomic E-state index is 9.77. The van der Waals surface area contributed by atoms with Crippen molar-refractivity contribution in [2.24, 2.45) is 0 Å². The highest BCUT2D eigenvalue weighted by Gasteiger charge is 2.16. The lowest BCUT2D eigenvalue weighted by molar-refractivity contribution is 0.173. The molecule has 104 valence electrons. The highest BCUT2D eigenvalue weighted by molar-refractivity contribution is 6.31. The first-order chi connectivity index (χ1) is 9.75. The molecule has 0 fully saturated rings. The molecule has 2 aromatic carbocycles. The first-order valence-electron chi connectivity index (χ1n) is 6.30. The molecule has 0 unspecified atom stereocenters. The van der Waals surface area contributed by atoms with Crippen molar-refractivity contribution < 1.29 is 14.6 Å². The van der Waals surface area contributed by atoms with Crippen LogP contribution in [0.15, 0.2) is 36.4 Å². The van der Waals surface area contributed by atoms with Crippen molar-refractivity contribution in [1.82, 2.24) is 5.32 Å². The first-order valence-corrected chi connectivity index (χ1v) is 6.68. The van der Waals surface area contributed by atoms with Gasteiger partial charge in [-0.15, -0.1) is 0 Å². The van der Waals surface area contributed by atoms with E-state index in [2.05, 4.69) is 5.32 Å². The SMILES string of the molecule is Oc1cccc(Cl)c1CNCc1cccc2c1OCO2. The molecule has 2 aromatic rings. The first kappa shape index (κ1) is 13.1. The Bertz CT molecular complexity index is 610. The summed E-state index contributed by atoms with van der Waals surface area (Å²) in [6, 6.07) is 10.9. The smallest absolute Gasteiger partial charge is 0.231 e. The maximum Gasteiger partial charge on any atom is 0.231 e. The zero-order valence-corrected chi connectivity index (χ0v) is 11.5. The summed E-state index contributed by atoms with van der Waals surface area (Å²) < 4.78 is 10.8. The zero-order valence-electron chi connectivity index (χ0n) is 10.7. The predicted octanol–water partition coefficient (Wildman–Crippen LogP) is 3.06. The second kappa shape index (κ2) is 5.61. The molecule has 5 heteroatoms. The Morgan fingerprint density at radius 1 is 1.10 bits per heavy atom. The number of phenols is 1. The summed E-state index contributed by atoms with van der Waals surface area (Å²) in [5.41, 5.74) is 1.71. The molecule has 0 aliphatic carbocycles. The summed E-state index contributed by atoms with van der Waals surface area (Å²) in [4.78, 5) is 0. The molecule has 0 amide bonds. The lowest BCUT2D eigenvalue weighted by Gasteiger charge is -2.10. The van der Waals surface area contributed by atoms with Crippen LogP contribution in [0.1, 0.15) is 11.1 Å². The van der Waals surface area contributed by atoms with E-state index in [0.29, 0.717) is 23.7 Å². The van der Waals surface area contributed by atoms with Gasteiger partial charge in [0.2, 0.25) is 6.79 Å². The molecule has 0 aromatic heterocycles. The predicted molar refractivity (Wildman–Crippen MR) is 76.2 cm³/mol. The summed E-state index contributed by atoms with van der Waals surface area (Å²) >= 11 is 6.06. The van der Waals surface area contributed by atoms with Gasteiger partial charge in [0.1, 0.15) is 5.75 Å². The fourth-order valence-corrected chi connectivity index (χ4v) is 2.41. The van der Waals surface area contributed by atoms with Crippen LogP contribution in [-0.2, 0) is 13.1 Å². The monoisotopic (exact) mass is 291 g/mol. The third-order valence-corrected chi connectivity index (χ3v) is 3.54. The number of aromatic hydroxyl groups is 1. The largest absolute Gasteiger partial charge is 0.508 e. The van der Waals surface area contributed by atoms with Crippen LogP contribution in [0.4, 0.5) is 0 Å². The highest BCUT2D eigenvalue weighted by atomic mass is 35.5. The second-order valence-electron chi connectivity index (χ2n) is 4.49. The van der Waals surface area contributed by atoms with Crippen molar-refractivity contribution in [3.63, 3.8) is 0 Å². The Kier molecular flexibility index (Phi) is 3.67. The molecular formula is C15H14ClNO3. The Balaban J connectivity index is 1.68. The van der Waals surface area contributed by atoms with Gasteiger partial charge in [-0.2, -0.15) is 0 Å². The van der Waals surface area contributed by atoms with Gasteiger partial charge in [-0.05, 0) is 18.2 Å². The number of phenolic OH excluding ortho intramolecular Hbond substituents is 1. The lowest BCUT2D eigenvalue weighted by atomic mass is 10.1. The summed E-state index contributed by atoms with van der Waals surface area (Å²) in [6.45, 7) is 1.35. The molecule has 1 aliphatic rings. The number of fused-ring (bicyclic) bond motifs is 1. The van der Waals surface area contributed by atoms with Crippen LogP contribution in [0.5, 0.6) is 17.2 Å². The molecule has 20 heavy (non-hydrogen) atoms. The number of rotatable bonds is 4. The molecule has 0 saturated heterocycles. The van der Waals surface area contributed by atoms with Gasteiger partial charge < -0.3 is 19.9 Å². The van der Waals surface area contributed by atoms with E-state index in [9.17, 15) is 5.11 Å². The van der Waals surface area contributed by atoms with Crippen molar-refractivity contribution in [2.45, 2.75) is 13.1 Å². The van der Waals surface area contributed by atoms with Crippen molar-refractivity contribution in [2.75, 3.05) is 6.79 Å². The quantitative estimate of drug-likeness (QED) is 0.909. The van der Waals surface area contributed by atoms with Gasteiger partial charge in [0.15, 0.2) is 11.5 Å². The number of halogens is 1. The van der Waals surface area contributed by atoms with Gasteiger partial charge in [-0.1, -0.05) is 29.8 Å². The van der Waals surface area contributed by atoms with Gasteiger partial charge >= 0.3 is 0 Å². The summed E-state index contributed by atoms with van der Waals surface area (Å²) in [5.74, 6) is 1.75. The van der Waals surface area contributed by atoms with Crippen molar-refractivity contribution >= 4 is 11.6 Å². The van der Waals surface area contributed by atoms with E-state index in [-0.39, 0.29) is 12.5 Å². The normalized spacial score (nSPS) is 12.7. The van der Waals surface area contributed by atoms with E-state index < -0.39 is 0 Å². The molecule has 0 saturated carbocycles. The summed E-state index contributed by atoms with van der Waals surface area (Å²) in [7, 11) is 0. The molecule has 0 bridgehead atoms. The fourth-order valence-electron chi connectivity index (χ4n) is 2.17. The molecule has 0 radical (unpaired) electrons. The van der Waals surface area contributed by atoms with Gasteiger partial charge in [0, 0.05) is 29.2 Å². The van der Waals surface area contributed by atoms with E-state index in [4.69, 9.17) is 21.1 Å². The molecule has 4 nitrogen and oxygen atoms in total. The molecule has 0 atom stereocenters. The van der Waals surface area contributed by atoms with Gasteiger partial charge in [-0.25, -0.2) is 0 Å². The lowest BCUT2D eigenvalue weighted by Crippen LogP contribution is -2.13. The Morgan fingerprint density at radius 2 is 1.95 bits per heavy atom. The molecular weight excluding hydrogens is 278 g/mol. The van der Waals surface area contributed by atoms with Gasteiger partial charge in [0.05, 0.1) is 0 Å². The Morgan fingerprint density at radius 3 is 2.80 bits per heavy atom. The van der Waals surface area contributed by atoms with Crippen LogP contribution >= 0.6 is 11.6 Å². The van der Waals surface area contributed by atoms with Crippen molar-refractivity contribution in [3.8, 4) is 17.2 Å². The average Bonchev–Trinajstić information content (AvgIpc) is 2.91. The molecule has 3 rings (SSSR count). The van der Waals surface area contributed by atoms with Gasteiger partial charge in [-0.3, -0.25) is 0 Å². The maximum absolute atomic E-state index is 9.77. The number of nitrogens with one attached hydrogen (secondary N) is 1. The number of benzene rings is 2. The number of para-hydroxylation sites is 1. The summed E-state index contributed by atoms with van der Waals surface area (Å²) in [5, 5.41) is 13.6. The molecule has 1 heterocycles. The minimum Gasteiger partial charge on any atom is -0.508 e. The standard InChI is InChI=1S/C15H14ClNO3/c16-12-4-2-5-13(18)11(12)8-17-7-10-3-1-6-14-15(10)20-9-19-14/h1-6,17-18H,7-9H2. The fraction of sp³-hybridized carbons (Fsp3) is 0.200.